The van der Waals surface area contributed by atoms with Crippen molar-refractivity contribution in [3.63, 3.8) is 0 Å². The number of carbonyl (C=O) groups excluding carboxylic acids is 1. The Bertz CT molecular complexity index is 581. The highest BCUT2D eigenvalue weighted by atomic mass is 16.2. The van der Waals surface area contributed by atoms with E-state index in [-0.39, 0.29) is 12.1 Å². The van der Waals surface area contributed by atoms with Gasteiger partial charge in [-0.1, -0.05) is 54.6 Å². The Balaban J connectivity index is 1.78. The Morgan fingerprint density at radius 1 is 1.05 bits per heavy atom. The standard InChI is InChI=1S/C18H22N2O/c1-14-8-6-7-11-17(14)15(2)20-18(21)19-13-12-16-9-4-3-5-10-16/h3-11,15H,12-13H2,1-2H3,(H2,19,20,21). The highest BCUT2D eigenvalue weighted by Gasteiger charge is 2.10. The van der Waals surface area contributed by atoms with Gasteiger partial charge in [0.2, 0.25) is 0 Å². The molecule has 1 atom stereocenters. The average Bonchev–Trinajstić information content (AvgIpc) is 2.48. The number of rotatable bonds is 5. The van der Waals surface area contributed by atoms with Crippen molar-refractivity contribution < 1.29 is 4.79 Å². The lowest BCUT2D eigenvalue weighted by atomic mass is 10.0. The second-order valence-corrected chi connectivity index (χ2v) is 5.21. The van der Waals surface area contributed by atoms with E-state index in [1.807, 2.05) is 43.3 Å². The number of amides is 2. The third-order valence-electron chi connectivity index (χ3n) is 3.54. The number of hydrogen-bond donors (Lipinski definition) is 2. The van der Waals surface area contributed by atoms with Crippen LogP contribution < -0.4 is 10.6 Å². The van der Waals surface area contributed by atoms with E-state index in [9.17, 15) is 4.79 Å². The quantitative estimate of drug-likeness (QED) is 0.864. The van der Waals surface area contributed by atoms with Gasteiger partial charge < -0.3 is 10.6 Å². The third-order valence-corrected chi connectivity index (χ3v) is 3.54. The van der Waals surface area contributed by atoms with Crippen molar-refractivity contribution in [3.05, 3.63) is 71.3 Å². The maximum atomic E-state index is 11.9. The van der Waals surface area contributed by atoms with Crippen LogP contribution in [0.15, 0.2) is 54.6 Å². The first kappa shape index (κ1) is 15.1. The van der Waals surface area contributed by atoms with Crippen LogP contribution in [0.3, 0.4) is 0 Å². The molecule has 0 heterocycles. The molecule has 0 aliphatic carbocycles. The van der Waals surface area contributed by atoms with Gasteiger partial charge in [0.15, 0.2) is 0 Å². The van der Waals surface area contributed by atoms with Gasteiger partial charge in [-0.15, -0.1) is 0 Å². The van der Waals surface area contributed by atoms with Crippen LogP contribution in [0.4, 0.5) is 4.79 Å². The van der Waals surface area contributed by atoms with Crippen LogP contribution in [0.5, 0.6) is 0 Å². The van der Waals surface area contributed by atoms with Crippen molar-refractivity contribution in [3.8, 4) is 0 Å². The maximum absolute atomic E-state index is 11.9. The Morgan fingerprint density at radius 2 is 1.71 bits per heavy atom. The fourth-order valence-corrected chi connectivity index (χ4v) is 2.36. The summed E-state index contributed by atoms with van der Waals surface area (Å²) in [5.74, 6) is 0. The molecule has 0 saturated heterocycles. The summed E-state index contributed by atoms with van der Waals surface area (Å²) >= 11 is 0. The number of hydrogen-bond acceptors (Lipinski definition) is 1. The molecular weight excluding hydrogens is 260 g/mol. The fourth-order valence-electron chi connectivity index (χ4n) is 2.36. The first-order chi connectivity index (χ1) is 10.2. The first-order valence-corrected chi connectivity index (χ1v) is 7.30. The second-order valence-electron chi connectivity index (χ2n) is 5.21. The molecule has 1 unspecified atom stereocenters. The van der Waals surface area contributed by atoms with Gasteiger partial charge in [-0.3, -0.25) is 0 Å². The second kappa shape index (κ2) is 7.48. The van der Waals surface area contributed by atoms with E-state index in [0.717, 1.165) is 12.0 Å². The monoisotopic (exact) mass is 282 g/mol. The molecule has 0 bridgehead atoms. The molecule has 3 heteroatoms. The third kappa shape index (κ3) is 4.63. The molecule has 0 aliphatic rings. The molecule has 0 aromatic heterocycles. The molecule has 2 amide bonds. The normalized spacial score (nSPS) is 11.7. The van der Waals surface area contributed by atoms with Crippen LogP contribution in [-0.2, 0) is 6.42 Å². The summed E-state index contributed by atoms with van der Waals surface area (Å²) < 4.78 is 0. The molecule has 2 N–H and O–H groups in total. The smallest absolute Gasteiger partial charge is 0.315 e. The van der Waals surface area contributed by atoms with Gasteiger partial charge in [0.1, 0.15) is 0 Å². The topological polar surface area (TPSA) is 41.1 Å². The van der Waals surface area contributed by atoms with Crippen molar-refractivity contribution >= 4 is 6.03 Å². The van der Waals surface area contributed by atoms with Gasteiger partial charge in [0.25, 0.3) is 0 Å². The number of benzene rings is 2. The summed E-state index contributed by atoms with van der Waals surface area (Å²) in [6, 6.07) is 18.1. The molecule has 0 saturated carbocycles. The Morgan fingerprint density at radius 3 is 2.43 bits per heavy atom. The van der Waals surface area contributed by atoms with Crippen LogP contribution in [0.2, 0.25) is 0 Å². The predicted molar refractivity (Wildman–Crippen MR) is 86.3 cm³/mol. The van der Waals surface area contributed by atoms with E-state index in [2.05, 4.69) is 35.8 Å². The van der Waals surface area contributed by atoms with Gasteiger partial charge in [-0.2, -0.15) is 0 Å². The minimum atomic E-state index is -0.123. The molecule has 0 fully saturated rings. The van der Waals surface area contributed by atoms with Crippen LogP contribution in [0.25, 0.3) is 0 Å². The molecule has 2 aromatic carbocycles. The zero-order chi connectivity index (χ0) is 15.1. The lowest BCUT2D eigenvalue weighted by Gasteiger charge is -2.17. The molecule has 2 rings (SSSR count). The Kier molecular flexibility index (Phi) is 5.38. The van der Waals surface area contributed by atoms with E-state index in [1.54, 1.807) is 0 Å². The minimum Gasteiger partial charge on any atom is -0.338 e. The molecular formula is C18H22N2O. The van der Waals surface area contributed by atoms with Crippen molar-refractivity contribution in [2.75, 3.05) is 6.54 Å². The molecule has 0 radical (unpaired) electrons. The number of urea groups is 1. The maximum Gasteiger partial charge on any atom is 0.315 e. The summed E-state index contributed by atoms with van der Waals surface area (Å²) in [7, 11) is 0. The van der Waals surface area contributed by atoms with Crippen LogP contribution >= 0.6 is 0 Å². The number of nitrogens with one attached hydrogen (secondary N) is 2. The fraction of sp³-hybridized carbons (Fsp3) is 0.278. The molecule has 2 aromatic rings. The van der Waals surface area contributed by atoms with Gasteiger partial charge in [0.05, 0.1) is 6.04 Å². The van der Waals surface area contributed by atoms with Crippen molar-refractivity contribution in [2.45, 2.75) is 26.3 Å². The van der Waals surface area contributed by atoms with E-state index in [4.69, 9.17) is 0 Å². The zero-order valence-corrected chi connectivity index (χ0v) is 12.6. The molecule has 0 aliphatic heterocycles. The summed E-state index contributed by atoms with van der Waals surface area (Å²) in [6.07, 6.45) is 0.840. The summed E-state index contributed by atoms with van der Waals surface area (Å²) in [4.78, 5) is 11.9. The zero-order valence-electron chi connectivity index (χ0n) is 12.6. The van der Waals surface area contributed by atoms with Gasteiger partial charge in [-0.05, 0) is 37.0 Å². The lowest BCUT2D eigenvalue weighted by Crippen LogP contribution is -2.38. The Hall–Kier alpha value is -2.29. The van der Waals surface area contributed by atoms with E-state index < -0.39 is 0 Å². The lowest BCUT2D eigenvalue weighted by molar-refractivity contribution is 0.238. The molecule has 3 nitrogen and oxygen atoms in total. The van der Waals surface area contributed by atoms with E-state index >= 15 is 0 Å². The van der Waals surface area contributed by atoms with Gasteiger partial charge in [0, 0.05) is 6.54 Å². The largest absolute Gasteiger partial charge is 0.338 e. The van der Waals surface area contributed by atoms with Crippen LogP contribution in [0, 0.1) is 6.92 Å². The van der Waals surface area contributed by atoms with Crippen molar-refractivity contribution in [1.82, 2.24) is 10.6 Å². The van der Waals surface area contributed by atoms with Crippen LogP contribution in [0.1, 0.15) is 29.7 Å². The molecule has 110 valence electrons. The average molecular weight is 282 g/mol. The van der Waals surface area contributed by atoms with E-state index in [1.165, 1.54) is 11.1 Å². The summed E-state index contributed by atoms with van der Waals surface area (Å²) in [5, 5.41) is 5.87. The highest BCUT2D eigenvalue weighted by Crippen LogP contribution is 2.16. The summed E-state index contributed by atoms with van der Waals surface area (Å²) in [6.45, 7) is 4.69. The van der Waals surface area contributed by atoms with Gasteiger partial charge >= 0.3 is 6.03 Å². The molecule has 21 heavy (non-hydrogen) atoms. The number of carbonyl (C=O) groups is 1. The minimum absolute atomic E-state index is 0.00271. The van der Waals surface area contributed by atoms with E-state index in [0.29, 0.717) is 6.54 Å². The summed E-state index contributed by atoms with van der Waals surface area (Å²) in [5.41, 5.74) is 3.56. The highest BCUT2D eigenvalue weighted by molar-refractivity contribution is 5.74. The predicted octanol–water partition coefficient (Wildman–Crippen LogP) is 3.60. The molecule has 0 spiro atoms. The Labute approximate surface area is 126 Å². The van der Waals surface area contributed by atoms with Crippen molar-refractivity contribution in [2.24, 2.45) is 0 Å². The van der Waals surface area contributed by atoms with Crippen molar-refractivity contribution in [1.29, 1.82) is 0 Å². The number of aryl methyl sites for hydroxylation is 1. The first-order valence-electron chi connectivity index (χ1n) is 7.30. The van der Waals surface area contributed by atoms with Gasteiger partial charge in [-0.25, -0.2) is 4.79 Å². The SMILES string of the molecule is Cc1ccccc1C(C)NC(=O)NCCc1ccccc1. The van der Waals surface area contributed by atoms with Crippen LogP contribution in [-0.4, -0.2) is 12.6 Å².